The van der Waals surface area contributed by atoms with Crippen LogP contribution in [-0.2, 0) is 24.0 Å². The number of cyclic esters (lactones) is 1. The number of ether oxygens (including phenoxy) is 1. The number of carboxylic acid groups (broad SMARTS) is 1. The first kappa shape index (κ1) is 20.3. The fraction of sp³-hybridized carbons (Fsp3) is 0.500. The number of carbonyl (C=O) groups is 3. The summed E-state index contributed by atoms with van der Waals surface area (Å²) in [5, 5.41) is 14.9. The van der Waals surface area contributed by atoms with Crippen molar-refractivity contribution in [2.24, 2.45) is 0 Å². The van der Waals surface area contributed by atoms with E-state index in [1.165, 1.54) is 0 Å². The number of nitrogens with zero attached hydrogens (tertiary/aromatic N) is 1. The van der Waals surface area contributed by atoms with Gasteiger partial charge in [-0.2, -0.15) is 5.06 Å². The van der Waals surface area contributed by atoms with E-state index in [-0.39, 0.29) is 65.4 Å². The zero-order chi connectivity index (χ0) is 16.5. The third kappa shape index (κ3) is 4.23. The molecule has 23 heavy (non-hydrogen) atoms. The maximum Gasteiger partial charge on any atom is 1.00 e. The number of amides is 1. The van der Waals surface area contributed by atoms with E-state index in [0.717, 1.165) is 0 Å². The van der Waals surface area contributed by atoms with Crippen LogP contribution in [0.3, 0.4) is 0 Å². The Balaban J connectivity index is 0.00000264. The van der Waals surface area contributed by atoms with Crippen LogP contribution >= 0.6 is 23.8 Å². The van der Waals surface area contributed by atoms with Gasteiger partial charge in [0.05, 0.1) is 11.4 Å². The van der Waals surface area contributed by atoms with E-state index in [0.29, 0.717) is 5.06 Å². The van der Waals surface area contributed by atoms with Crippen LogP contribution < -0.4 is 40.0 Å². The third-order valence-electron chi connectivity index (χ3n) is 3.15. The van der Waals surface area contributed by atoms with Gasteiger partial charge in [0, 0.05) is 17.9 Å². The van der Waals surface area contributed by atoms with Crippen LogP contribution in [-0.4, -0.2) is 46.3 Å². The van der Waals surface area contributed by atoms with Crippen LogP contribution in [0.5, 0.6) is 0 Å². The summed E-state index contributed by atoms with van der Waals surface area (Å²) in [6.07, 6.45) is -0.222. The summed E-state index contributed by atoms with van der Waals surface area (Å²) in [6, 6.07) is -0.904. The topological polar surface area (TPSA) is 108 Å². The van der Waals surface area contributed by atoms with Crippen molar-refractivity contribution in [3.63, 3.8) is 0 Å². The number of thiocarbonyl (C=S) groups is 1. The molecule has 8 nitrogen and oxygen atoms in total. The second-order valence-corrected chi connectivity index (χ2v) is 5.82. The van der Waals surface area contributed by atoms with Crippen molar-refractivity contribution in [1.29, 1.82) is 0 Å². The largest absolute Gasteiger partial charge is 1.00 e. The van der Waals surface area contributed by atoms with Gasteiger partial charge in [0.25, 0.3) is 11.6 Å². The van der Waals surface area contributed by atoms with Gasteiger partial charge in [-0.1, -0.05) is 30.4 Å². The first-order valence-corrected chi connectivity index (χ1v) is 7.08. The minimum absolute atomic E-state index is 0. The summed E-state index contributed by atoms with van der Waals surface area (Å²) < 4.78 is 4.77. The molecule has 2 aliphatic rings. The molecule has 11 heteroatoms. The van der Waals surface area contributed by atoms with E-state index >= 15 is 0 Å². The molecular weight excluding hydrogens is 359 g/mol. The second kappa shape index (κ2) is 7.91. The Labute approximate surface area is 164 Å². The Morgan fingerprint density at radius 3 is 2.70 bits per heavy atom. The zero-order valence-corrected chi connectivity index (χ0v) is 15.9. The third-order valence-corrected chi connectivity index (χ3v) is 3.55. The number of carboxylic acids is 1. The molecule has 0 spiro atoms. The molecule has 1 amide bonds. The summed E-state index contributed by atoms with van der Waals surface area (Å²) >= 11 is 10.6. The molecule has 2 heterocycles. The summed E-state index contributed by atoms with van der Waals surface area (Å²) in [5.41, 5.74) is -2.23. The minimum atomic E-state index is -2.23. The van der Waals surface area contributed by atoms with Crippen LogP contribution in [0.2, 0.25) is 0 Å². The monoisotopic (exact) mass is 370 g/mol. The van der Waals surface area contributed by atoms with Crippen molar-refractivity contribution in [1.82, 2.24) is 10.4 Å². The van der Waals surface area contributed by atoms with Gasteiger partial charge in [-0.3, -0.25) is 14.4 Å². The van der Waals surface area contributed by atoms with Crippen LogP contribution in [0.15, 0.2) is 11.6 Å². The normalized spacial score (nSPS) is 26.5. The molecule has 0 radical (unpaired) electrons. The van der Waals surface area contributed by atoms with E-state index in [2.05, 4.69) is 11.9 Å². The molecule has 2 atom stereocenters. The Hall–Kier alpha value is -0.710. The van der Waals surface area contributed by atoms with Crippen LogP contribution in [0.25, 0.3) is 0 Å². The molecule has 0 aromatic heterocycles. The number of hydroxylamine groups is 2. The van der Waals surface area contributed by atoms with E-state index in [4.69, 9.17) is 33.4 Å². The molecule has 0 bridgehead atoms. The number of hydrogen-bond acceptors (Lipinski definition) is 7. The van der Waals surface area contributed by atoms with Gasteiger partial charge in [0.15, 0.2) is 0 Å². The van der Waals surface area contributed by atoms with Crippen molar-refractivity contribution in [2.75, 3.05) is 6.61 Å². The Morgan fingerprint density at radius 1 is 1.57 bits per heavy atom. The van der Waals surface area contributed by atoms with Crippen molar-refractivity contribution in [2.45, 2.75) is 31.0 Å². The second-order valence-electron chi connectivity index (χ2n) is 4.79. The van der Waals surface area contributed by atoms with Gasteiger partial charge in [-0.25, -0.2) is 0 Å². The standard InChI is InChI=1S/C12H13ClN2O6S.Na/c1-6(13)4-8(22)14-7-5-20-15(10(7)17)12(11(18)19)3-2-9(16)21-12;/h7H,1-5H2,(H,14,22)(H,18,19);/q;+1/p-1/t7-,12?;/m0./s1. The van der Waals surface area contributed by atoms with Gasteiger partial charge in [-0.05, 0) is 0 Å². The van der Waals surface area contributed by atoms with Gasteiger partial charge in [-0.15, -0.1) is 0 Å². The van der Waals surface area contributed by atoms with E-state index in [9.17, 15) is 19.5 Å². The van der Waals surface area contributed by atoms with E-state index in [1.54, 1.807) is 0 Å². The molecule has 120 valence electrons. The molecule has 2 saturated heterocycles. The molecule has 2 fully saturated rings. The maximum absolute atomic E-state index is 12.3. The molecule has 2 aliphatic heterocycles. The molecule has 0 saturated carbocycles. The van der Waals surface area contributed by atoms with E-state index < -0.39 is 29.6 Å². The number of nitrogens with one attached hydrogen (secondary N) is 1. The summed E-state index contributed by atoms with van der Waals surface area (Å²) in [7, 11) is 0. The Kier molecular flexibility index (Phi) is 6.99. The first-order valence-electron chi connectivity index (χ1n) is 6.29. The fourth-order valence-corrected chi connectivity index (χ4v) is 2.69. The predicted molar refractivity (Wildman–Crippen MR) is 75.0 cm³/mol. The zero-order valence-electron chi connectivity index (χ0n) is 12.3. The summed E-state index contributed by atoms with van der Waals surface area (Å²) in [6.45, 7) is 3.31. The van der Waals surface area contributed by atoms with Gasteiger partial charge < -0.3 is 20.0 Å². The Morgan fingerprint density at radius 2 is 2.22 bits per heavy atom. The minimum Gasteiger partial charge on any atom is -0.544 e. The van der Waals surface area contributed by atoms with Gasteiger partial charge >= 0.3 is 35.5 Å². The van der Waals surface area contributed by atoms with Crippen LogP contribution in [0, 0.1) is 0 Å². The molecule has 0 aliphatic carbocycles. The van der Waals surface area contributed by atoms with Gasteiger partial charge in [0.2, 0.25) is 0 Å². The maximum atomic E-state index is 12.3. The number of esters is 1. The van der Waals surface area contributed by atoms with E-state index in [1.807, 2.05) is 0 Å². The number of aliphatic carboxylic acids is 1. The smallest absolute Gasteiger partial charge is 0.544 e. The fourth-order valence-electron chi connectivity index (χ4n) is 2.16. The first-order chi connectivity index (χ1) is 10.3. The SMILES string of the molecule is C=C(Cl)CC(=S)N[C@H]1CON(C2(C(=O)[O-])CCC(=O)O2)C1=O.[Na+]. The molecule has 1 N–H and O–H groups in total. The molecule has 1 unspecified atom stereocenters. The predicted octanol–water partition coefficient (Wildman–Crippen LogP) is -4.02. The number of rotatable bonds is 5. The quantitative estimate of drug-likeness (QED) is 0.296. The van der Waals surface area contributed by atoms with Gasteiger partial charge in [0.1, 0.15) is 18.6 Å². The molecule has 0 aromatic carbocycles. The summed E-state index contributed by atoms with van der Waals surface area (Å²) in [5.74, 6) is -3.18. The van der Waals surface area contributed by atoms with Crippen LogP contribution in [0.1, 0.15) is 19.3 Å². The number of hydrogen-bond donors (Lipinski definition) is 1. The van der Waals surface area contributed by atoms with Crippen molar-refractivity contribution < 1.29 is 58.6 Å². The van der Waals surface area contributed by atoms with Crippen molar-refractivity contribution in [3.8, 4) is 0 Å². The molecular formula is C12H12ClN2NaO6S. The average molecular weight is 371 g/mol. The molecule has 2 rings (SSSR count). The number of carbonyl (C=O) groups excluding carboxylic acids is 3. The number of halogens is 1. The molecule has 0 aromatic rings. The average Bonchev–Trinajstić information content (AvgIpc) is 2.94. The summed E-state index contributed by atoms with van der Waals surface area (Å²) in [4.78, 5) is 40.2. The van der Waals surface area contributed by atoms with Crippen molar-refractivity contribution in [3.05, 3.63) is 11.6 Å². The van der Waals surface area contributed by atoms with Crippen molar-refractivity contribution >= 4 is 46.7 Å². The van der Waals surface area contributed by atoms with Crippen LogP contribution in [0.4, 0.5) is 0 Å². The Bertz CT molecular complexity index is 574.